The summed E-state index contributed by atoms with van der Waals surface area (Å²) < 4.78 is 5.72. The lowest BCUT2D eigenvalue weighted by atomic mass is 10.1. The average Bonchev–Trinajstić information content (AvgIpc) is 3.02. The Bertz CT molecular complexity index is 974. The first-order valence-electron chi connectivity index (χ1n) is 9.92. The van der Waals surface area contributed by atoms with E-state index in [0.717, 1.165) is 47.4 Å². The SMILES string of the molecule is Cc1nc2c(c(N3CCC3)n1)CN(C(=O)OC1CN(c3cc(Cl)cnc3C)C1)C2. The third-order valence-electron chi connectivity index (χ3n) is 5.77. The van der Waals surface area contributed by atoms with Crippen molar-refractivity contribution in [1.29, 1.82) is 0 Å². The predicted molar refractivity (Wildman–Crippen MR) is 109 cm³/mol. The topological polar surface area (TPSA) is 74.7 Å². The number of hydrogen-bond donors (Lipinski definition) is 0. The van der Waals surface area contributed by atoms with E-state index in [1.165, 1.54) is 6.42 Å². The van der Waals surface area contributed by atoms with Gasteiger partial charge in [0.15, 0.2) is 0 Å². The summed E-state index contributed by atoms with van der Waals surface area (Å²) in [4.78, 5) is 32.3. The molecule has 0 radical (unpaired) electrons. The Morgan fingerprint density at radius 3 is 2.69 bits per heavy atom. The quantitative estimate of drug-likeness (QED) is 0.764. The van der Waals surface area contributed by atoms with Crippen LogP contribution in [0.5, 0.6) is 0 Å². The highest BCUT2D eigenvalue weighted by molar-refractivity contribution is 6.30. The molecular weight excluding hydrogens is 392 g/mol. The normalized spacial score (nSPS) is 18.4. The van der Waals surface area contributed by atoms with Crippen LogP contribution >= 0.6 is 11.6 Å². The molecule has 0 aliphatic carbocycles. The number of ether oxygens (including phenoxy) is 1. The van der Waals surface area contributed by atoms with Crippen molar-refractivity contribution in [3.63, 3.8) is 0 Å². The summed E-state index contributed by atoms with van der Waals surface area (Å²) in [5.41, 5.74) is 3.90. The number of carbonyl (C=O) groups excluding carboxylic acids is 1. The van der Waals surface area contributed by atoms with Crippen molar-refractivity contribution >= 4 is 29.2 Å². The zero-order chi connectivity index (χ0) is 20.1. The molecular formula is C20H23ClN6O2. The monoisotopic (exact) mass is 414 g/mol. The van der Waals surface area contributed by atoms with Gasteiger partial charge in [0.25, 0.3) is 0 Å². The van der Waals surface area contributed by atoms with Gasteiger partial charge in [-0.2, -0.15) is 0 Å². The molecule has 2 saturated heterocycles. The lowest BCUT2D eigenvalue weighted by molar-refractivity contribution is 0.0490. The van der Waals surface area contributed by atoms with Gasteiger partial charge in [-0.05, 0) is 26.3 Å². The van der Waals surface area contributed by atoms with Gasteiger partial charge in [-0.25, -0.2) is 14.8 Å². The van der Waals surface area contributed by atoms with Gasteiger partial charge in [-0.3, -0.25) is 9.88 Å². The second kappa shape index (κ2) is 7.02. The summed E-state index contributed by atoms with van der Waals surface area (Å²) >= 11 is 6.06. The van der Waals surface area contributed by atoms with Crippen molar-refractivity contribution in [3.05, 3.63) is 40.1 Å². The molecule has 1 amide bonds. The smallest absolute Gasteiger partial charge is 0.410 e. The fraction of sp³-hybridized carbons (Fsp3) is 0.500. The summed E-state index contributed by atoms with van der Waals surface area (Å²) in [6.07, 6.45) is 2.40. The third-order valence-corrected chi connectivity index (χ3v) is 5.98. The van der Waals surface area contributed by atoms with E-state index >= 15 is 0 Å². The predicted octanol–water partition coefficient (Wildman–Crippen LogP) is 2.69. The summed E-state index contributed by atoms with van der Waals surface area (Å²) in [7, 11) is 0. The Kier molecular flexibility index (Phi) is 4.46. The summed E-state index contributed by atoms with van der Waals surface area (Å²) in [5.74, 6) is 1.73. The number of amides is 1. The zero-order valence-electron chi connectivity index (χ0n) is 16.6. The Morgan fingerprint density at radius 1 is 1.17 bits per heavy atom. The molecule has 0 spiro atoms. The molecule has 5 heterocycles. The highest BCUT2D eigenvalue weighted by Gasteiger charge is 2.36. The van der Waals surface area contributed by atoms with Crippen LogP contribution < -0.4 is 9.80 Å². The van der Waals surface area contributed by atoms with Gasteiger partial charge < -0.3 is 14.5 Å². The van der Waals surface area contributed by atoms with Crippen molar-refractivity contribution < 1.29 is 9.53 Å². The van der Waals surface area contributed by atoms with Gasteiger partial charge in [-0.15, -0.1) is 0 Å². The molecule has 2 aromatic rings. The summed E-state index contributed by atoms with van der Waals surface area (Å²) in [6, 6.07) is 1.90. The molecule has 0 unspecified atom stereocenters. The standard InChI is InChI=1S/C20H23ClN6O2/c1-12-18(6-14(21)7-22-12)26-8-15(9-26)29-20(28)27-10-16-17(11-27)23-13(2)24-19(16)25-4-3-5-25/h6-7,15H,3-5,8-11H2,1-2H3. The number of nitrogens with zero attached hydrogens (tertiary/aromatic N) is 6. The maximum absolute atomic E-state index is 12.7. The van der Waals surface area contributed by atoms with Crippen LogP contribution in [0.2, 0.25) is 5.02 Å². The maximum atomic E-state index is 12.7. The Hall–Kier alpha value is -2.61. The second-order valence-electron chi connectivity index (χ2n) is 7.89. The van der Waals surface area contributed by atoms with Crippen LogP contribution in [0.3, 0.4) is 0 Å². The minimum Gasteiger partial charge on any atom is -0.442 e. The van der Waals surface area contributed by atoms with Gasteiger partial charge in [0, 0.05) is 24.8 Å². The molecule has 5 rings (SSSR count). The Labute approximate surface area is 174 Å². The third kappa shape index (κ3) is 3.35. The largest absolute Gasteiger partial charge is 0.442 e. The van der Waals surface area contributed by atoms with Crippen LogP contribution in [0.15, 0.2) is 12.3 Å². The number of aryl methyl sites for hydroxylation is 2. The number of halogens is 1. The molecule has 0 aromatic carbocycles. The first kappa shape index (κ1) is 18.4. The van der Waals surface area contributed by atoms with E-state index in [1.807, 2.05) is 19.9 Å². The fourth-order valence-electron chi connectivity index (χ4n) is 4.02. The fourth-order valence-corrected chi connectivity index (χ4v) is 4.17. The van der Waals surface area contributed by atoms with Crippen LogP contribution in [-0.2, 0) is 17.8 Å². The highest BCUT2D eigenvalue weighted by atomic mass is 35.5. The first-order chi connectivity index (χ1) is 14.0. The van der Waals surface area contributed by atoms with Gasteiger partial charge in [0.2, 0.25) is 0 Å². The number of carbonyl (C=O) groups is 1. The van der Waals surface area contributed by atoms with Crippen molar-refractivity contribution in [2.75, 3.05) is 36.0 Å². The molecule has 2 fully saturated rings. The summed E-state index contributed by atoms with van der Waals surface area (Å²) in [6.45, 7) is 8.16. The number of hydrogen-bond acceptors (Lipinski definition) is 7. The van der Waals surface area contributed by atoms with Crippen LogP contribution in [0, 0.1) is 13.8 Å². The summed E-state index contributed by atoms with van der Waals surface area (Å²) in [5, 5.41) is 0.607. The van der Waals surface area contributed by atoms with E-state index in [1.54, 1.807) is 11.1 Å². The van der Waals surface area contributed by atoms with Crippen molar-refractivity contribution in [3.8, 4) is 0 Å². The van der Waals surface area contributed by atoms with Crippen molar-refractivity contribution in [2.45, 2.75) is 39.5 Å². The lowest BCUT2D eigenvalue weighted by Gasteiger charge is -2.41. The lowest BCUT2D eigenvalue weighted by Crippen LogP contribution is -2.54. The number of aromatic nitrogens is 3. The van der Waals surface area contributed by atoms with Crippen molar-refractivity contribution in [2.24, 2.45) is 0 Å². The average molecular weight is 415 g/mol. The van der Waals surface area contributed by atoms with E-state index in [2.05, 4.69) is 24.8 Å². The molecule has 0 saturated carbocycles. The molecule has 0 N–H and O–H groups in total. The molecule has 29 heavy (non-hydrogen) atoms. The van der Waals surface area contributed by atoms with Gasteiger partial charge in [0.1, 0.15) is 17.7 Å². The van der Waals surface area contributed by atoms with Crippen LogP contribution in [-0.4, -0.2) is 58.2 Å². The molecule has 3 aliphatic heterocycles. The second-order valence-corrected chi connectivity index (χ2v) is 8.32. The van der Waals surface area contributed by atoms with Gasteiger partial charge >= 0.3 is 6.09 Å². The minimum absolute atomic E-state index is 0.132. The van der Waals surface area contributed by atoms with E-state index in [0.29, 0.717) is 31.2 Å². The number of rotatable bonds is 3. The van der Waals surface area contributed by atoms with E-state index < -0.39 is 0 Å². The first-order valence-corrected chi connectivity index (χ1v) is 10.3. The molecule has 152 valence electrons. The zero-order valence-corrected chi connectivity index (χ0v) is 17.3. The van der Waals surface area contributed by atoms with E-state index in [4.69, 9.17) is 16.3 Å². The Balaban J connectivity index is 1.21. The van der Waals surface area contributed by atoms with Crippen LogP contribution in [0.4, 0.5) is 16.3 Å². The number of anilines is 2. The van der Waals surface area contributed by atoms with Gasteiger partial charge in [0.05, 0.1) is 48.3 Å². The molecule has 8 nitrogen and oxygen atoms in total. The minimum atomic E-state index is -0.291. The van der Waals surface area contributed by atoms with Gasteiger partial charge in [-0.1, -0.05) is 11.6 Å². The highest BCUT2D eigenvalue weighted by Crippen LogP contribution is 2.33. The maximum Gasteiger partial charge on any atom is 0.410 e. The van der Waals surface area contributed by atoms with Crippen LogP contribution in [0.25, 0.3) is 0 Å². The molecule has 0 bridgehead atoms. The molecule has 9 heteroatoms. The van der Waals surface area contributed by atoms with E-state index in [9.17, 15) is 4.79 Å². The molecule has 2 aromatic heterocycles. The number of fused-ring (bicyclic) bond motifs is 1. The van der Waals surface area contributed by atoms with Crippen LogP contribution in [0.1, 0.15) is 29.2 Å². The van der Waals surface area contributed by atoms with Crippen molar-refractivity contribution in [1.82, 2.24) is 19.9 Å². The molecule has 3 aliphatic rings. The molecule has 0 atom stereocenters. The van der Waals surface area contributed by atoms with E-state index in [-0.39, 0.29) is 12.2 Å². The Morgan fingerprint density at radius 2 is 1.97 bits per heavy atom. The number of pyridine rings is 1.